The number of carbonyl (C=O) groups is 2. The van der Waals surface area contributed by atoms with Crippen molar-refractivity contribution >= 4 is 17.6 Å². The predicted molar refractivity (Wildman–Crippen MR) is 72.2 cm³/mol. The van der Waals surface area contributed by atoms with Gasteiger partial charge >= 0.3 is 5.97 Å². The molecule has 0 saturated heterocycles. The van der Waals surface area contributed by atoms with Crippen LogP contribution in [0, 0.1) is 0 Å². The quantitative estimate of drug-likeness (QED) is 0.766. The summed E-state index contributed by atoms with van der Waals surface area (Å²) in [5.41, 5.74) is -0.0548. The van der Waals surface area contributed by atoms with Crippen LogP contribution in [0.15, 0.2) is 9.90 Å². The van der Waals surface area contributed by atoms with Crippen molar-refractivity contribution < 1.29 is 14.7 Å². The molecule has 0 spiro atoms. The monoisotopic (exact) mass is 293 g/mol. The molecule has 2 rings (SSSR count). The Balaban J connectivity index is 2.41. The van der Waals surface area contributed by atoms with E-state index in [9.17, 15) is 14.4 Å². The molecule has 2 heterocycles. The molecule has 0 unspecified atom stereocenters. The van der Waals surface area contributed by atoms with Gasteiger partial charge in [-0.2, -0.15) is 9.78 Å². The first-order valence-electron chi connectivity index (χ1n) is 6.30. The van der Waals surface area contributed by atoms with Gasteiger partial charge in [0, 0.05) is 20.5 Å². The molecule has 1 aromatic heterocycles. The molecule has 1 aliphatic heterocycles. The predicted octanol–water partition coefficient (Wildman–Crippen LogP) is -0.935. The van der Waals surface area contributed by atoms with Gasteiger partial charge in [-0.3, -0.25) is 14.4 Å². The SMILES string of the molecule is CC1=Nn2c(nnc(CCC(=O)O)c2=O)[C@@H]1C(=O)N(C)C. The first kappa shape index (κ1) is 14.8. The molecule has 1 atom stereocenters. The topological polar surface area (TPSA) is 118 Å². The maximum Gasteiger partial charge on any atom is 0.303 e. The zero-order valence-electron chi connectivity index (χ0n) is 11.9. The number of nitrogens with zero attached hydrogens (tertiary/aromatic N) is 5. The van der Waals surface area contributed by atoms with E-state index in [4.69, 9.17) is 5.11 Å². The molecule has 9 nitrogen and oxygen atoms in total. The zero-order valence-corrected chi connectivity index (χ0v) is 11.9. The Bertz CT molecular complexity index is 691. The van der Waals surface area contributed by atoms with Crippen molar-refractivity contribution in [1.29, 1.82) is 0 Å². The number of hydrogen-bond donors (Lipinski definition) is 1. The molecule has 0 bridgehead atoms. The van der Waals surface area contributed by atoms with Crippen molar-refractivity contribution in [2.24, 2.45) is 5.10 Å². The largest absolute Gasteiger partial charge is 0.481 e. The number of aromatic nitrogens is 3. The fraction of sp³-hybridized carbons (Fsp3) is 0.500. The molecule has 1 N–H and O–H groups in total. The van der Waals surface area contributed by atoms with Gasteiger partial charge in [0.1, 0.15) is 11.6 Å². The minimum Gasteiger partial charge on any atom is -0.481 e. The fourth-order valence-electron chi connectivity index (χ4n) is 2.03. The summed E-state index contributed by atoms with van der Waals surface area (Å²) < 4.78 is 1.03. The third-order valence-electron chi connectivity index (χ3n) is 3.13. The van der Waals surface area contributed by atoms with E-state index in [2.05, 4.69) is 15.3 Å². The molecular weight excluding hydrogens is 278 g/mol. The van der Waals surface area contributed by atoms with Crippen LogP contribution in [0.25, 0.3) is 0 Å². The van der Waals surface area contributed by atoms with Crippen LogP contribution in [-0.4, -0.2) is 56.6 Å². The third-order valence-corrected chi connectivity index (χ3v) is 3.13. The average Bonchev–Trinajstić information content (AvgIpc) is 2.74. The van der Waals surface area contributed by atoms with Crippen LogP contribution in [0.2, 0.25) is 0 Å². The van der Waals surface area contributed by atoms with E-state index < -0.39 is 17.4 Å². The van der Waals surface area contributed by atoms with E-state index >= 15 is 0 Å². The molecule has 0 fully saturated rings. The number of aliphatic carboxylic acids is 1. The van der Waals surface area contributed by atoms with Crippen LogP contribution in [0.4, 0.5) is 0 Å². The molecule has 0 aliphatic carbocycles. The Morgan fingerprint density at radius 2 is 2.00 bits per heavy atom. The normalized spacial score (nSPS) is 16.3. The van der Waals surface area contributed by atoms with Gasteiger partial charge in [-0.25, -0.2) is 0 Å². The first-order valence-corrected chi connectivity index (χ1v) is 6.30. The Labute approximate surface area is 119 Å². The van der Waals surface area contributed by atoms with E-state index in [1.54, 1.807) is 21.0 Å². The standard InChI is InChI=1S/C12H15N5O4/c1-6-9(12(21)16(2)3)10-14-13-7(4-5-8(18)19)11(20)17(10)15-6/h9H,4-5H2,1-3H3,(H,18,19)/t9-/m1/s1. The smallest absolute Gasteiger partial charge is 0.303 e. The summed E-state index contributed by atoms with van der Waals surface area (Å²) in [5.74, 6) is -1.83. The van der Waals surface area contributed by atoms with Gasteiger partial charge in [-0.15, -0.1) is 10.2 Å². The number of carbonyl (C=O) groups excluding carboxylic acids is 1. The molecular formula is C12H15N5O4. The summed E-state index contributed by atoms with van der Waals surface area (Å²) in [6, 6.07) is 0. The number of carboxylic acid groups (broad SMARTS) is 1. The number of amides is 1. The molecule has 0 radical (unpaired) electrons. The van der Waals surface area contributed by atoms with Crippen molar-refractivity contribution in [3.63, 3.8) is 0 Å². The van der Waals surface area contributed by atoms with Gasteiger partial charge in [-0.1, -0.05) is 0 Å². The number of fused-ring (bicyclic) bond motifs is 1. The van der Waals surface area contributed by atoms with Crippen LogP contribution < -0.4 is 5.56 Å². The highest BCUT2D eigenvalue weighted by Gasteiger charge is 2.35. The number of likely N-dealkylation sites (N-methyl/N-ethyl adjacent to an activating group) is 1. The number of hydrogen-bond acceptors (Lipinski definition) is 6. The second-order valence-electron chi connectivity index (χ2n) is 4.92. The maximum atomic E-state index is 12.2. The lowest BCUT2D eigenvalue weighted by Crippen LogP contribution is -2.33. The molecule has 9 heteroatoms. The Morgan fingerprint density at radius 3 is 2.57 bits per heavy atom. The van der Waals surface area contributed by atoms with Crippen molar-refractivity contribution in [2.75, 3.05) is 14.1 Å². The highest BCUT2D eigenvalue weighted by molar-refractivity contribution is 6.08. The van der Waals surface area contributed by atoms with Gasteiger partial charge in [-0.05, 0) is 6.92 Å². The molecule has 0 saturated carbocycles. The van der Waals surface area contributed by atoms with E-state index in [0.29, 0.717) is 5.71 Å². The van der Waals surface area contributed by atoms with Crippen molar-refractivity contribution in [3.8, 4) is 0 Å². The highest BCUT2D eigenvalue weighted by atomic mass is 16.4. The zero-order chi connectivity index (χ0) is 15.7. The van der Waals surface area contributed by atoms with Crippen molar-refractivity contribution in [1.82, 2.24) is 19.8 Å². The Morgan fingerprint density at radius 1 is 1.33 bits per heavy atom. The lowest BCUT2D eigenvalue weighted by Gasteiger charge is -2.15. The number of aryl methyl sites for hydroxylation is 1. The Kier molecular flexibility index (Phi) is 3.83. The summed E-state index contributed by atoms with van der Waals surface area (Å²) >= 11 is 0. The van der Waals surface area contributed by atoms with Crippen LogP contribution >= 0.6 is 0 Å². The number of rotatable bonds is 4. The lowest BCUT2D eigenvalue weighted by molar-refractivity contribution is -0.137. The van der Waals surface area contributed by atoms with Crippen LogP contribution in [-0.2, 0) is 16.0 Å². The van der Waals surface area contributed by atoms with Gasteiger partial charge in [0.05, 0.1) is 12.1 Å². The van der Waals surface area contributed by atoms with E-state index in [1.165, 1.54) is 4.90 Å². The summed E-state index contributed by atoms with van der Waals surface area (Å²) in [6.45, 7) is 1.64. The van der Waals surface area contributed by atoms with Crippen LogP contribution in [0.1, 0.15) is 30.8 Å². The lowest BCUT2D eigenvalue weighted by atomic mass is 10.0. The molecule has 1 amide bonds. The van der Waals surface area contributed by atoms with E-state index in [-0.39, 0.29) is 30.3 Å². The summed E-state index contributed by atoms with van der Waals surface area (Å²) in [5, 5.41) is 20.3. The molecule has 112 valence electrons. The van der Waals surface area contributed by atoms with Crippen LogP contribution in [0.3, 0.4) is 0 Å². The number of carboxylic acids is 1. The first-order chi connectivity index (χ1) is 9.82. The van der Waals surface area contributed by atoms with Gasteiger partial charge in [0.15, 0.2) is 5.82 Å². The second kappa shape index (κ2) is 5.43. The molecule has 21 heavy (non-hydrogen) atoms. The Hall–Kier alpha value is -2.58. The summed E-state index contributed by atoms with van der Waals surface area (Å²) in [4.78, 5) is 36.3. The minimum atomic E-state index is -1.03. The fourth-order valence-corrected chi connectivity index (χ4v) is 2.03. The molecule has 1 aromatic rings. The maximum absolute atomic E-state index is 12.2. The van der Waals surface area contributed by atoms with Crippen molar-refractivity contribution in [2.45, 2.75) is 25.7 Å². The second-order valence-corrected chi connectivity index (χ2v) is 4.92. The minimum absolute atomic E-state index is 0.0238. The average molecular weight is 293 g/mol. The van der Waals surface area contributed by atoms with E-state index in [0.717, 1.165) is 4.68 Å². The third kappa shape index (κ3) is 2.67. The summed E-state index contributed by atoms with van der Waals surface area (Å²) in [7, 11) is 3.20. The van der Waals surface area contributed by atoms with E-state index in [1.807, 2.05) is 0 Å². The van der Waals surface area contributed by atoms with Crippen molar-refractivity contribution in [3.05, 3.63) is 21.9 Å². The van der Waals surface area contributed by atoms with Crippen LogP contribution in [0.5, 0.6) is 0 Å². The molecule has 1 aliphatic rings. The van der Waals surface area contributed by atoms with Gasteiger partial charge in [0.2, 0.25) is 5.91 Å². The van der Waals surface area contributed by atoms with Gasteiger partial charge in [0.25, 0.3) is 5.56 Å². The highest BCUT2D eigenvalue weighted by Crippen LogP contribution is 2.22. The summed E-state index contributed by atoms with van der Waals surface area (Å²) in [6.07, 6.45) is -0.242. The van der Waals surface area contributed by atoms with Gasteiger partial charge < -0.3 is 10.0 Å². The molecule has 0 aromatic carbocycles.